The Bertz CT molecular complexity index is 1430. The summed E-state index contributed by atoms with van der Waals surface area (Å²) in [7, 11) is 3.04. The molecule has 0 bridgehead atoms. The third kappa shape index (κ3) is 8.02. The highest BCUT2D eigenvalue weighted by Gasteiger charge is 2.23. The van der Waals surface area contributed by atoms with Crippen LogP contribution in [-0.4, -0.2) is 57.5 Å². The minimum atomic E-state index is -0.640. The fourth-order valence-electron chi connectivity index (χ4n) is 2.88. The fraction of sp³-hybridized carbons (Fsp3) is 0.240. The van der Waals surface area contributed by atoms with Crippen LogP contribution in [0.15, 0.2) is 48.8 Å². The molecule has 0 aliphatic carbocycles. The Morgan fingerprint density at radius 3 is 1.82 bits per heavy atom. The van der Waals surface area contributed by atoms with Gasteiger partial charge in [0.05, 0.1) is 11.4 Å². The van der Waals surface area contributed by atoms with Gasteiger partial charge in [-0.25, -0.2) is 14.8 Å². The van der Waals surface area contributed by atoms with Gasteiger partial charge in [-0.3, -0.25) is 24.9 Å². The molecule has 4 heterocycles. The Morgan fingerprint density at radius 2 is 1.33 bits per heavy atom. The summed E-state index contributed by atoms with van der Waals surface area (Å²) in [5.41, 5.74) is 6.82. The third-order valence-electron chi connectivity index (χ3n) is 4.55. The Kier molecular flexibility index (Phi) is 9.62. The van der Waals surface area contributed by atoms with E-state index in [1.54, 1.807) is 52.3 Å². The number of nitrogen functional groups attached to an aromatic ring is 1. The van der Waals surface area contributed by atoms with E-state index in [-0.39, 0.29) is 17.3 Å². The van der Waals surface area contributed by atoms with Crippen molar-refractivity contribution in [2.24, 2.45) is 0 Å². The summed E-state index contributed by atoms with van der Waals surface area (Å²) in [6.07, 6.45) is 2.67. The second kappa shape index (κ2) is 12.9. The van der Waals surface area contributed by atoms with Gasteiger partial charge in [0.2, 0.25) is 0 Å². The molecule has 0 aliphatic heterocycles. The molecule has 5 N–H and O–H groups in total. The largest absolute Gasteiger partial charge is 0.444 e. The second-order valence-corrected chi connectivity index (χ2v) is 10.7. The number of thiazole rings is 2. The number of carbonyl (C=O) groups is 3. The molecule has 0 unspecified atom stereocenters. The van der Waals surface area contributed by atoms with Crippen molar-refractivity contribution in [2.45, 2.75) is 26.4 Å². The van der Waals surface area contributed by atoms with Crippen LogP contribution in [0.5, 0.6) is 0 Å². The average molecular weight is 569 g/mol. The zero-order valence-electron chi connectivity index (χ0n) is 21.9. The van der Waals surface area contributed by atoms with E-state index in [4.69, 9.17) is 10.5 Å². The number of nitrogens with zero attached hydrogens (tertiary/aromatic N) is 4. The molecule has 204 valence electrons. The molecule has 4 rings (SSSR count). The van der Waals surface area contributed by atoms with E-state index in [1.165, 1.54) is 18.4 Å². The van der Waals surface area contributed by atoms with Crippen molar-refractivity contribution >= 4 is 50.6 Å². The predicted molar refractivity (Wildman–Crippen MR) is 152 cm³/mol. The van der Waals surface area contributed by atoms with Crippen molar-refractivity contribution in [3.63, 3.8) is 0 Å². The van der Waals surface area contributed by atoms with Crippen molar-refractivity contribution in [1.29, 1.82) is 0 Å². The summed E-state index contributed by atoms with van der Waals surface area (Å²) < 4.78 is 5.21. The van der Waals surface area contributed by atoms with E-state index in [0.29, 0.717) is 31.4 Å². The van der Waals surface area contributed by atoms with Gasteiger partial charge in [-0.2, -0.15) is 0 Å². The normalized spacial score (nSPS) is 10.6. The van der Waals surface area contributed by atoms with E-state index >= 15 is 0 Å². The number of aromatic nitrogens is 4. The molecule has 0 atom stereocenters. The second-order valence-electron chi connectivity index (χ2n) is 8.64. The first kappa shape index (κ1) is 29.1. The molecule has 0 aliphatic rings. The lowest BCUT2D eigenvalue weighted by atomic mass is 10.2. The number of amides is 3. The molecular weight excluding hydrogens is 540 g/mol. The number of nitrogens with two attached hydrogens (primary N) is 1. The molecule has 0 fully saturated rings. The minimum Gasteiger partial charge on any atom is -0.444 e. The van der Waals surface area contributed by atoms with Crippen molar-refractivity contribution in [2.75, 3.05) is 25.1 Å². The van der Waals surface area contributed by atoms with Crippen molar-refractivity contribution in [3.8, 4) is 21.4 Å². The zero-order valence-corrected chi connectivity index (χ0v) is 23.6. The molecule has 0 spiro atoms. The lowest BCUT2D eigenvalue weighted by molar-refractivity contribution is 0.0636. The smallest absolute Gasteiger partial charge is 0.412 e. The van der Waals surface area contributed by atoms with Crippen LogP contribution in [0.2, 0.25) is 0 Å². The van der Waals surface area contributed by atoms with Gasteiger partial charge >= 0.3 is 6.09 Å². The van der Waals surface area contributed by atoms with Gasteiger partial charge < -0.3 is 21.1 Å². The van der Waals surface area contributed by atoms with Crippen LogP contribution in [0.4, 0.5) is 14.8 Å². The van der Waals surface area contributed by atoms with E-state index in [1.807, 2.05) is 24.3 Å². The highest BCUT2D eigenvalue weighted by atomic mass is 32.1. The number of anilines is 2. The number of ether oxygens (including phenoxy) is 1. The van der Waals surface area contributed by atoms with Gasteiger partial charge in [0.15, 0.2) is 11.4 Å². The Balaban J connectivity index is 0.000000230. The maximum absolute atomic E-state index is 12.0. The van der Waals surface area contributed by atoms with Gasteiger partial charge in [-0.05, 0) is 45.0 Å². The number of carbonyl (C=O) groups excluding carboxylic acids is 3. The first-order valence-corrected chi connectivity index (χ1v) is 13.2. The van der Waals surface area contributed by atoms with E-state index in [2.05, 4.69) is 35.9 Å². The Morgan fingerprint density at radius 1 is 0.821 bits per heavy atom. The van der Waals surface area contributed by atoms with Crippen LogP contribution in [-0.2, 0) is 4.74 Å². The van der Waals surface area contributed by atoms with Crippen LogP contribution < -0.4 is 21.7 Å². The summed E-state index contributed by atoms with van der Waals surface area (Å²) in [4.78, 5) is 52.1. The number of rotatable bonds is 5. The molecule has 0 saturated heterocycles. The first-order chi connectivity index (χ1) is 18.5. The van der Waals surface area contributed by atoms with Crippen molar-refractivity contribution in [3.05, 3.63) is 60.2 Å². The molecule has 0 saturated carbocycles. The molecule has 39 heavy (non-hydrogen) atoms. The molecule has 4 aromatic heterocycles. The van der Waals surface area contributed by atoms with Gasteiger partial charge in [-0.1, -0.05) is 34.8 Å². The minimum absolute atomic E-state index is 0.129. The van der Waals surface area contributed by atoms with Gasteiger partial charge in [0, 0.05) is 26.5 Å². The maximum atomic E-state index is 12.0. The van der Waals surface area contributed by atoms with Crippen LogP contribution in [0.3, 0.4) is 0 Å². The summed E-state index contributed by atoms with van der Waals surface area (Å²) in [6.45, 7) is 5.29. The number of hydrogen-bond donors (Lipinski definition) is 4. The Labute approximate surface area is 233 Å². The van der Waals surface area contributed by atoms with Gasteiger partial charge in [0.1, 0.15) is 25.6 Å². The Hall–Kier alpha value is -4.43. The highest BCUT2D eigenvalue weighted by Crippen LogP contribution is 2.31. The van der Waals surface area contributed by atoms with E-state index < -0.39 is 17.6 Å². The summed E-state index contributed by atoms with van der Waals surface area (Å²) in [5.74, 6) is -0.676. The van der Waals surface area contributed by atoms with Crippen molar-refractivity contribution in [1.82, 2.24) is 30.6 Å². The summed E-state index contributed by atoms with van der Waals surface area (Å²) >= 11 is 2.42. The summed E-state index contributed by atoms with van der Waals surface area (Å²) in [6, 6.07) is 10.9. The van der Waals surface area contributed by atoms with Crippen LogP contribution in [0.25, 0.3) is 21.4 Å². The molecule has 3 amide bonds. The third-order valence-corrected chi connectivity index (χ3v) is 6.45. The maximum Gasteiger partial charge on any atom is 0.412 e. The first-order valence-electron chi connectivity index (χ1n) is 11.6. The lowest BCUT2D eigenvalue weighted by Crippen LogP contribution is -2.28. The quantitative estimate of drug-likeness (QED) is 0.277. The molecule has 0 aromatic carbocycles. The SMILES string of the molecule is CNC(=O)c1nc(-c2ccccn2)sc1N.CNC(=O)c1nc(-c2ccccn2)sc1NC(=O)OC(C)(C)C. The van der Waals surface area contributed by atoms with E-state index in [9.17, 15) is 14.4 Å². The number of nitrogens with one attached hydrogen (secondary N) is 3. The topological polar surface area (TPSA) is 174 Å². The van der Waals surface area contributed by atoms with Gasteiger partial charge in [-0.15, -0.1) is 0 Å². The number of hydrogen-bond acceptors (Lipinski definition) is 11. The average Bonchev–Trinajstić information content (AvgIpc) is 3.52. The van der Waals surface area contributed by atoms with Crippen LogP contribution in [0.1, 0.15) is 41.7 Å². The van der Waals surface area contributed by atoms with Gasteiger partial charge in [0.25, 0.3) is 11.8 Å². The van der Waals surface area contributed by atoms with E-state index in [0.717, 1.165) is 11.3 Å². The highest BCUT2D eigenvalue weighted by molar-refractivity contribution is 7.19. The predicted octanol–water partition coefficient (Wildman–Crippen LogP) is 4.06. The monoisotopic (exact) mass is 568 g/mol. The lowest BCUT2D eigenvalue weighted by Gasteiger charge is -2.19. The molecule has 4 aromatic rings. The fourth-order valence-corrected chi connectivity index (χ4v) is 4.61. The number of pyridine rings is 2. The molecule has 0 radical (unpaired) electrons. The zero-order chi connectivity index (χ0) is 28.6. The molecule has 12 nitrogen and oxygen atoms in total. The van der Waals surface area contributed by atoms with Crippen molar-refractivity contribution < 1.29 is 19.1 Å². The summed E-state index contributed by atoms with van der Waals surface area (Å²) in [5, 5.41) is 9.48. The molecular formula is C25H28N8O4S2. The standard InChI is InChI=1S/C15H18N4O3S.C10H10N4OS/c1-15(2,3)22-14(21)19-13-10(11(20)16-4)18-12(23-13)9-7-5-6-8-17-9;1-12-9(15)7-8(11)16-10(14-7)6-4-2-3-5-13-6/h5-8H,1-4H3,(H,16,20)(H,19,21);2-5H,11H2,1H3,(H,12,15). The molecule has 14 heteroatoms. The van der Waals surface area contributed by atoms with Crippen LogP contribution in [0, 0.1) is 0 Å². The van der Waals surface area contributed by atoms with Crippen LogP contribution >= 0.6 is 22.7 Å².